The molecular formula is C12H24O. The quantitative estimate of drug-likeness (QED) is 0.473. The topological polar surface area (TPSA) is 20.2 Å². The Morgan fingerprint density at radius 1 is 1.31 bits per heavy atom. The summed E-state index contributed by atoms with van der Waals surface area (Å²) in [6.45, 7) is 6.36. The fourth-order valence-corrected chi connectivity index (χ4v) is 1.34. The van der Waals surface area contributed by atoms with Gasteiger partial charge in [-0.2, -0.15) is 0 Å². The molecule has 78 valence electrons. The number of rotatable bonds is 7. The zero-order valence-electron chi connectivity index (χ0n) is 9.34. The Kier molecular flexibility index (Phi) is 8.11. The Labute approximate surface area is 82.9 Å². The molecule has 0 saturated carbocycles. The van der Waals surface area contributed by atoms with E-state index in [1.54, 1.807) is 0 Å². The maximum Gasteiger partial charge on any atom is 0.0574 e. The average Bonchev–Trinajstić information content (AvgIpc) is 2.12. The molecule has 0 aromatic carbocycles. The molecule has 0 aliphatic rings. The van der Waals surface area contributed by atoms with Crippen molar-refractivity contribution in [2.45, 2.75) is 65.4 Å². The van der Waals surface area contributed by atoms with Crippen LogP contribution in [0.15, 0.2) is 11.6 Å². The summed E-state index contributed by atoms with van der Waals surface area (Å²) in [5, 5.41) is 9.39. The molecule has 0 saturated heterocycles. The van der Waals surface area contributed by atoms with Crippen LogP contribution in [0, 0.1) is 0 Å². The number of hydrogen-bond acceptors (Lipinski definition) is 1. The molecule has 0 aliphatic carbocycles. The van der Waals surface area contributed by atoms with Gasteiger partial charge in [-0.25, -0.2) is 0 Å². The number of unbranched alkanes of at least 4 members (excludes halogenated alkanes) is 3. The van der Waals surface area contributed by atoms with E-state index < -0.39 is 0 Å². The maximum absolute atomic E-state index is 9.39. The van der Waals surface area contributed by atoms with Crippen LogP contribution < -0.4 is 0 Å². The van der Waals surface area contributed by atoms with Crippen LogP contribution in [-0.2, 0) is 0 Å². The summed E-state index contributed by atoms with van der Waals surface area (Å²) in [7, 11) is 0. The van der Waals surface area contributed by atoms with Crippen molar-refractivity contribution >= 4 is 0 Å². The van der Waals surface area contributed by atoms with E-state index in [1.807, 2.05) is 6.92 Å². The molecule has 1 nitrogen and oxygen atoms in total. The first-order chi connectivity index (χ1) is 6.20. The Morgan fingerprint density at radius 2 is 2.00 bits per heavy atom. The second kappa shape index (κ2) is 8.31. The molecule has 1 unspecified atom stereocenters. The van der Waals surface area contributed by atoms with E-state index in [9.17, 15) is 5.11 Å². The molecule has 1 atom stereocenters. The summed E-state index contributed by atoms with van der Waals surface area (Å²) in [6.07, 6.45) is 8.91. The van der Waals surface area contributed by atoms with Gasteiger partial charge in [-0.1, -0.05) is 38.3 Å². The number of aliphatic hydroxyl groups excluding tert-OH is 1. The Balaban J connectivity index is 3.50. The van der Waals surface area contributed by atoms with Crippen molar-refractivity contribution in [2.75, 3.05) is 0 Å². The second-order valence-corrected chi connectivity index (χ2v) is 3.81. The molecule has 0 rings (SSSR count). The maximum atomic E-state index is 9.39. The molecule has 1 heteroatoms. The van der Waals surface area contributed by atoms with E-state index in [0.717, 1.165) is 12.8 Å². The van der Waals surface area contributed by atoms with Crippen LogP contribution in [0.25, 0.3) is 0 Å². The third-order valence-electron chi connectivity index (χ3n) is 2.33. The largest absolute Gasteiger partial charge is 0.393 e. The van der Waals surface area contributed by atoms with E-state index in [0.29, 0.717) is 0 Å². The Morgan fingerprint density at radius 3 is 2.54 bits per heavy atom. The van der Waals surface area contributed by atoms with E-state index in [4.69, 9.17) is 0 Å². The molecule has 0 fully saturated rings. The van der Waals surface area contributed by atoms with Crippen LogP contribution >= 0.6 is 0 Å². The van der Waals surface area contributed by atoms with Gasteiger partial charge in [-0.15, -0.1) is 0 Å². The molecule has 0 amide bonds. The summed E-state index contributed by atoms with van der Waals surface area (Å²) < 4.78 is 0. The molecule has 0 radical (unpaired) electrons. The lowest BCUT2D eigenvalue weighted by Crippen LogP contribution is -2.04. The highest BCUT2D eigenvalue weighted by molar-refractivity contribution is 4.99. The van der Waals surface area contributed by atoms with Crippen molar-refractivity contribution in [3.63, 3.8) is 0 Å². The van der Waals surface area contributed by atoms with Gasteiger partial charge in [0.1, 0.15) is 0 Å². The van der Waals surface area contributed by atoms with Crippen molar-refractivity contribution in [3.05, 3.63) is 11.6 Å². The average molecular weight is 184 g/mol. The summed E-state index contributed by atoms with van der Waals surface area (Å²) in [5.74, 6) is 0. The van der Waals surface area contributed by atoms with Gasteiger partial charge < -0.3 is 5.11 Å². The fourth-order valence-electron chi connectivity index (χ4n) is 1.34. The Hall–Kier alpha value is -0.300. The van der Waals surface area contributed by atoms with Gasteiger partial charge in [0.2, 0.25) is 0 Å². The van der Waals surface area contributed by atoms with Crippen LogP contribution in [0.3, 0.4) is 0 Å². The molecule has 0 aromatic heterocycles. The minimum absolute atomic E-state index is 0.137. The molecule has 0 heterocycles. The normalized spacial score (nSPS) is 14.6. The minimum atomic E-state index is -0.137. The predicted molar refractivity (Wildman–Crippen MR) is 58.8 cm³/mol. The highest BCUT2D eigenvalue weighted by Crippen LogP contribution is 2.10. The standard InChI is InChI=1S/C12H24O/c1-4-6-7-8-9-11(3)10-12(13)5-2/h9,12-13H,4-8,10H2,1-3H3/b11-9+. The molecular weight excluding hydrogens is 160 g/mol. The lowest BCUT2D eigenvalue weighted by atomic mass is 10.1. The number of allylic oxidation sites excluding steroid dienone is 1. The highest BCUT2D eigenvalue weighted by Gasteiger charge is 2.00. The van der Waals surface area contributed by atoms with Gasteiger partial charge in [0.05, 0.1) is 6.10 Å². The third-order valence-corrected chi connectivity index (χ3v) is 2.33. The van der Waals surface area contributed by atoms with E-state index >= 15 is 0 Å². The van der Waals surface area contributed by atoms with Crippen LogP contribution in [0.2, 0.25) is 0 Å². The fraction of sp³-hybridized carbons (Fsp3) is 0.833. The lowest BCUT2D eigenvalue weighted by molar-refractivity contribution is 0.170. The van der Waals surface area contributed by atoms with Crippen molar-refractivity contribution in [1.82, 2.24) is 0 Å². The van der Waals surface area contributed by atoms with Crippen molar-refractivity contribution in [1.29, 1.82) is 0 Å². The lowest BCUT2D eigenvalue weighted by Gasteiger charge is -2.07. The molecule has 0 bridgehead atoms. The van der Waals surface area contributed by atoms with E-state index in [1.165, 1.54) is 31.3 Å². The summed E-state index contributed by atoms with van der Waals surface area (Å²) in [6, 6.07) is 0. The van der Waals surface area contributed by atoms with Crippen LogP contribution in [0.5, 0.6) is 0 Å². The van der Waals surface area contributed by atoms with Crippen molar-refractivity contribution in [2.24, 2.45) is 0 Å². The molecule has 0 aromatic rings. The van der Waals surface area contributed by atoms with E-state index in [-0.39, 0.29) is 6.10 Å². The molecule has 13 heavy (non-hydrogen) atoms. The first-order valence-corrected chi connectivity index (χ1v) is 5.54. The minimum Gasteiger partial charge on any atom is -0.393 e. The summed E-state index contributed by atoms with van der Waals surface area (Å²) in [4.78, 5) is 0. The van der Waals surface area contributed by atoms with Crippen LogP contribution in [0.4, 0.5) is 0 Å². The van der Waals surface area contributed by atoms with Gasteiger partial charge in [0.25, 0.3) is 0 Å². The molecule has 0 spiro atoms. The van der Waals surface area contributed by atoms with Gasteiger partial charge in [0, 0.05) is 0 Å². The first-order valence-electron chi connectivity index (χ1n) is 5.54. The van der Waals surface area contributed by atoms with Gasteiger partial charge in [-0.05, 0) is 32.6 Å². The van der Waals surface area contributed by atoms with Gasteiger partial charge in [-0.3, -0.25) is 0 Å². The highest BCUT2D eigenvalue weighted by atomic mass is 16.3. The SMILES string of the molecule is CCCCC/C=C(\C)CC(O)CC. The van der Waals surface area contributed by atoms with Gasteiger partial charge in [0.15, 0.2) is 0 Å². The number of aliphatic hydroxyl groups is 1. The van der Waals surface area contributed by atoms with Crippen LogP contribution in [0.1, 0.15) is 59.3 Å². The smallest absolute Gasteiger partial charge is 0.0574 e. The zero-order valence-corrected chi connectivity index (χ0v) is 9.34. The van der Waals surface area contributed by atoms with Gasteiger partial charge >= 0.3 is 0 Å². The second-order valence-electron chi connectivity index (χ2n) is 3.81. The summed E-state index contributed by atoms with van der Waals surface area (Å²) >= 11 is 0. The summed E-state index contributed by atoms with van der Waals surface area (Å²) in [5.41, 5.74) is 1.34. The third kappa shape index (κ3) is 8.04. The zero-order chi connectivity index (χ0) is 10.1. The number of hydrogen-bond donors (Lipinski definition) is 1. The first kappa shape index (κ1) is 12.7. The van der Waals surface area contributed by atoms with Crippen molar-refractivity contribution < 1.29 is 5.11 Å². The Bertz CT molecular complexity index is 138. The molecule has 0 aliphatic heterocycles. The molecule has 1 N–H and O–H groups in total. The predicted octanol–water partition coefficient (Wildman–Crippen LogP) is 3.67. The van der Waals surface area contributed by atoms with E-state index in [2.05, 4.69) is 19.9 Å². The monoisotopic (exact) mass is 184 g/mol. The van der Waals surface area contributed by atoms with Crippen molar-refractivity contribution in [3.8, 4) is 0 Å². The van der Waals surface area contributed by atoms with Crippen LogP contribution in [-0.4, -0.2) is 11.2 Å².